The second-order valence-electron chi connectivity index (χ2n) is 6.40. The number of amides is 1. The standard InChI is InChI=1S/C18H23NO4/c1-3-13-4-6-14(7-5-13)15(20)8-9-16(21)19-11-10-18(2,12-19)17(22)23/h4-7H,3,8-12H2,1-2H3,(H,22,23). The van der Waals surface area contributed by atoms with Crippen molar-refractivity contribution in [3.63, 3.8) is 0 Å². The van der Waals surface area contributed by atoms with Gasteiger partial charge in [0.05, 0.1) is 5.41 Å². The number of carboxylic acids is 1. The molecular weight excluding hydrogens is 294 g/mol. The third kappa shape index (κ3) is 3.97. The van der Waals surface area contributed by atoms with Gasteiger partial charge in [0.25, 0.3) is 0 Å². The van der Waals surface area contributed by atoms with Crippen LogP contribution in [-0.4, -0.2) is 40.8 Å². The molecule has 0 aromatic heterocycles. The molecule has 124 valence electrons. The third-order valence-electron chi connectivity index (χ3n) is 4.59. The van der Waals surface area contributed by atoms with Crippen molar-refractivity contribution in [2.75, 3.05) is 13.1 Å². The number of carboxylic acid groups (broad SMARTS) is 1. The minimum Gasteiger partial charge on any atom is -0.481 e. The van der Waals surface area contributed by atoms with Gasteiger partial charge in [-0.15, -0.1) is 0 Å². The molecule has 1 unspecified atom stereocenters. The summed E-state index contributed by atoms with van der Waals surface area (Å²) in [6.07, 6.45) is 1.67. The Balaban J connectivity index is 1.87. The van der Waals surface area contributed by atoms with Gasteiger partial charge in [0.2, 0.25) is 5.91 Å². The van der Waals surface area contributed by atoms with E-state index >= 15 is 0 Å². The predicted octanol–water partition coefficient (Wildman–Crippen LogP) is 2.54. The summed E-state index contributed by atoms with van der Waals surface area (Å²) in [4.78, 5) is 37.1. The molecule has 0 spiro atoms. The van der Waals surface area contributed by atoms with Crippen LogP contribution in [0.4, 0.5) is 0 Å². The van der Waals surface area contributed by atoms with E-state index in [0.29, 0.717) is 18.5 Å². The highest BCUT2D eigenvalue weighted by atomic mass is 16.4. The van der Waals surface area contributed by atoms with Gasteiger partial charge in [-0.1, -0.05) is 31.2 Å². The van der Waals surface area contributed by atoms with Crippen LogP contribution in [0.5, 0.6) is 0 Å². The van der Waals surface area contributed by atoms with Crippen LogP contribution in [0, 0.1) is 5.41 Å². The molecule has 0 bridgehead atoms. The number of carbonyl (C=O) groups excluding carboxylic acids is 2. The van der Waals surface area contributed by atoms with E-state index in [0.717, 1.165) is 6.42 Å². The van der Waals surface area contributed by atoms with Crippen LogP contribution in [0.1, 0.15) is 49.0 Å². The number of aryl methyl sites for hydroxylation is 1. The van der Waals surface area contributed by atoms with Gasteiger partial charge in [-0.2, -0.15) is 0 Å². The Kier molecular flexibility index (Phi) is 5.19. The van der Waals surface area contributed by atoms with Crippen LogP contribution in [0.3, 0.4) is 0 Å². The molecule has 0 radical (unpaired) electrons. The quantitative estimate of drug-likeness (QED) is 0.818. The van der Waals surface area contributed by atoms with Gasteiger partial charge in [0.15, 0.2) is 5.78 Å². The monoisotopic (exact) mass is 317 g/mol. The van der Waals surface area contributed by atoms with E-state index in [1.54, 1.807) is 24.0 Å². The molecule has 5 heteroatoms. The Morgan fingerprint density at radius 2 is 1.83 bits per heavy atom. The van der Waals surface area contributed by atoms with Gasteiger partial charge in [-0.05, 0) is 25.3 Å². The summed E-state index contributed by atoms with van der Waals surface area (Å²) in [5.41, 5.74) is 0.921. The topological polar surface area (TPSA) is 74.7 Å². The molecule has 1 aromatic carbocycles. The molecule has 1 heterocycles. The molecule has 1 amide bonds. The minimum absolute atomic E-state index is 0.0544. The summed E-state index contributed by atoms with van der Waals surface area (Å²) >= 11 is 0. The minimum atomic E-state index is -0.875. The average Bonchev–Trinajstić information content (AvgIpc) is 2.96. The normalized spacial score (nSPS) is 20.5. The molecule has 0 aliphatic carbocycles. The Morgan fingerprint density at radius 1 is 1.17 bits per heavy atom. The number of ketones is 1. The summed E-state index contributed by atoms with van der Waals surface area (Å²) in [5, 5.41) is 9.19. The van der Waals surface area contributed by atoms with Crippen LogP contribution >= 0.6 is 0 Å². The molecule has 1 aromatic rings. The van der Waals surface area contributed by atoms with E-state index in [2.05, 4.69) is 6.92 Å². The molecule has 1 N–H and O–H groups in total. The molecule has 23 heavy (non-hydrogen) atoms. The van der Waals surface area contributed by atoms with E-state index in [1.807, 2.05) is 12.1 Å². The zero-order chi connectivity index (χ0) is 17.0. The molecule has 5 nitrogen and oxygen atoms in total. The smallest absolute Gasteiger partial charge is 0.311 e. The van der Waals surface area contributed by atoms with Crippen LogP contribution in [0.25, 0.3) is 0 Å². The van der Waals surface area contributed by atoms with Crippen molar-refractivity contribution in [3.05, 3.63) is 35.4 Å². The number of carbonyl (C=O) groups is 3. The Bertz CT molecular complexity index is 608. The van der Waals surface area contributed by atoms with Crippen molar-refractivity contribution in [2.45, 2.75) is 39.5 Å². The Hall–Kier alpha value is -2.17. The highest BCUT2D eigenvalue weighted by Crippen LogP contribution is 2.30. The van der Waals surface area contributed by atoms with Crippen molar-refractivity contribution >= 4 is 17.7 Å². The summed E-state index contributed by atoms with van der Waals surface area (Å²) in [7, 11) is 0. The fourth-order valence-electron chi connectivity index (χ4n) is 2.80. The molecule has 1 aliphatic heterocycles. The Morgan fingerprint density at radius 3 is 2.35 bits per heavy atom. The number of nitrogens with zero attached hydrogens (tertiary/aromatic N) is 1. The molecule has 1 fully saturated rings. The molecule has 1 atom stereocenters. The fourth-order valence-corrected chi connectivity index (χ4v) is 2.80. The van der Waals surface area contributed by atoms with E-state index in [4.69, 9.17) is 0 Å². The van der Waals surface area contributed by atoms with Crippen LogP contribution in [0.15, 0.2) is 24.3 Å². The first kappa shape index (κ1) is 17.2. The first-order chi connectivity index (χ1) is 10.9. The SMILES string of the molecule is CCc1ccc(C(=O)CCC(=O)N2CCC(C)(C(=O)O)C2)cc1. The van der Waals surface area contributed by atoms with Crippen LogP contribution < -0.4 is 0 Å². The second kappa shape index (κ2) is 6.94. The summed E-state index contributed by atoms with van der Waals surface area (Å²) in [6.45, 7) is 4.38. The predicted molar refractivity (Wildman–Crippen MR) is 86.3 cm³/mol. The van der Waals surface area contributed by atoms with Crippen molar-refractivity contribution in [3.8, 4) is 0 Å². The third-order valence-corrected chi connectivity index (χ3v) is 4.59. The lowest BCUT2D eigenvalue weighted by molar-refractivity contribution is -0.147. The number of aliphatic carboxylic acids is 1. The number of rotatable bonds is 6. The molecular formula is C18H23NO4. The maximum Gasteiger partial charge on any atom is 0.311 e. The van der Waals surface area contributed by atoms with E-state index in [1.165, 1.54) is 5.56 Å². The van der Waals surface area contributed by atoms with Crippen molar-refractivity contribution in [1.82, 2.24) is 4.90 Å². The van der Waals surface area contributed by atoms with Crippen LogP contribution in [0.2, 0.25) is 0 Å². The van der Waals surface area contributed by atoms with E-state index in [-0.39, 0.29) is 31.1 Å². The fraction of sp³-hybridized carbons (Fsp3) is 0.500. The zero-order valence-electron chi connectivity index (χ0n) is 13.7. The van der Waals surface area contributed by atoms with Crippen molar-refractivity contribution in [2.24, 2.45) is 5.41 Å². The lowest BCUT2D eigenvalue weighted by Crippen LogP contribution is -2.34. The van der Waals surface area contributed by atoms with Gasteiger partial charge in [0, 0.05) is 31.5 Å². The number of hydrogen-bond acceptors (Lipinski definition) is 3. The highest BCUT2D eigenvalue weighted by molar-refractivity contribution is 5.98. The number of likely N-dealkylation sites (tertiary alicyclic amines) is 1. The van der Waals surface area contributed by atoms with E-state index in [9.17, 15) is 19.5 Å². The molecule has 1 aliphatic rings. The summed E-state index contributed by atoms with van der Waals surface area (Å²) < 4.78 is 0. The Labute approximate surface area is 136 Å². The first-order valence-electron chi connectivity index (χ1n) is 7.99. The van der Waals surface area contributed by atoms with Gasteiger partial charge >= 0.3 is 5.97 Å². The highest BCUT2D eigenvalue weighted by Gasteiger charge is 2.41. The van der Waals surface area contributed by atoms with Crippen LogP contribution in [-0.2, 0) is 16.0 Å². The summed E-state index contributed by atoms with van der Waals surface area (Å²) in [5.74, 6) is -1.07. The molecule has 0 saturated carbocycles. The summed E-state index contributed by atoms with van der Waals surface area (Å²) in [6, 6.07) is 7.44. The number of benzene rings is 1. The van der Waals surface area contributed by atoms with Gasteiger partial charge in [-0.3, -0.25) is 14.4 Å². The largest absolute Gasteiger partial charge is 0.481 e. The van der Waals surface area contributed by atoms with Gasteiger partial charge in [-0.25, -0.2) is 0 Å². The van der Waals surface area contributed by atoms with E-state index < -0.39 is 11.4 Å². The van der Waals surface area contributed by atoms with Gasteiger partial charge in [0.1, 0.15) is 0 Å². The second-order valence-corrected chi connectivity index (χ2v) is 6.40. The maximum absolute atomic E-state index is 12.2. The molecule has 2 rings (SSSR count). The first-order valence-corrected chi connectivity index (χ1v) is 7.99. The zero-order valence-corrected chi connectivity index (χ0v) is 13.7. The maximum atomic E-state index is 12.2. The lowest BCUT2D eigenvalue weighted by Gasteiger charge is -2.20. The molecule has 1 saturated heterocycles. The van der Waals surface area contributed by atoms with Crippen molar-refractivity contribution in [1.29, 1.82) is 0 Å². The number of hydrogen-bond donors (Lipinski definition) is 1. The lowest BCUT2D eigenvalue weighted by atomic mass is 9.90. The number of Topliss-reactive ketones (excluding diaryl/α,β-unsaturated/α-hetero) is 1. The van der Waals surface area contributed by atoms with Crippen molar-refractivity contribution < 1.29 is 19.5 Å². The average molecular weight is 317 g/mol. The van der Waals surface area contributed by atoms with Gasteiger partial charge < -0.3 is 10.0 Å².